The van der Waals surface area contributed by atoms with Crippen LogP contribution in [0.25, 0.3) is 11.1 Å². The van der Waals surface area contributed by atoms with Gasteiger partial charge in [0.15, 0.2) is 0 Å². The van der Waals surface area contributed by atoms with Gasteiger partial charge in [0.2, 0.25) is 10.0 Å². The zero-order valence-electron chi connectivity index (χ0n) is 14.1. The number of hydrogen-bond donors (Lipinski definition) is 3. The minimum Gasteiger partial charge on any atom is -0.399 e. The van der Waals surface area contributed by atoms with Crippen LogP contribution in [0.3, 0.4) is 0 Å². The molecule has 3 aromatic rings. The van der Waals surface area contributed by atoms with Gasteiger partial charge in [-0.25, -0.2) is 18.8 Å². The normalized spacial score (nSPS) is 10.7. The van der Waals surface area contributed by atoms with Crippen molar-refractivity contribution in [1.82, 2.24) is 0 Å². The Bertz CT molecular complexity index is 952. The van der Waals surface area contributed by atoms with Gasteiger partial charge in [0, 0.05) is 10.6 Å². The molecule has 0 spiro atoms. The topological polar surface area (TPSA) is 125 Å². The third-order valence-corrected chi connectivity index (χ3v) is 4.89. The number of nitrogen functional groups attached to an aromatic ring is 1. The van der Waals surface area contributed by atoms with Crippen LogP contribution in [0.5, 0.6) is 0 Å². The van der Waals surface area contributed by atoms with Crippen LogP contribution in [0.1, 0.15) is 0 Å². The molecule has 0 aliphatic rings. The number of anilines is 1. The molecule has 0 atom stereocenters. The van der Waals surface area contributed by atoms with Crippen molar-refractivity contribution in [3.8, 4) is 11.1 Å². The summed E-state index contributed by atoms with van der Waals surface area (Å²) in [6.07, 6.45) is 0. The second-order valence-electron chi connectivity index (χ2n) is 5.21. The van der Waals surface area contributed by atoms with Gasteiger partial charge >= 0.3 is 0 Å². The van der Waals surface area contributed by atoms with Crippen LogP contribution < -0.4 is 10.9 Å². The molecule has 7 nitrogen and oxygen atoms in total. The Kier molecular flexibility index (Phi) is 7.80. The molecule has 5 N–H and O–H groups in total. The maximum Gasteiger partial charge on any atom is 0.238 e. The van der Waals surface area contributed by atoms with Gasteiger partial charge in [-0.05, 0) is 35.4 Å². The molecular formula is C18H18N2O5S2. The summed E-state index contributed by atoms with van der Waals surface area (Å²) in [5.74, 6) is 0. The van der Waals surface area contributed by atoms with Gasteiger partial charge in [-0.15, -0.1) is 4.33 Å². The van der Waals surface area contributed by atoms with E-state index in [1.54, 1.807) is 24.3 Å². The van der Waals surface area contributed by atoms with E-state index in [1.807, 2.05) is 42.5 Å². The summed E-state index contributed by atoms with van der Waals surface area (Å²) in [5.41, 5.74) is 8.32. The minimum atomic E-state index is -3.50. The third kappa shape index (κ3) is 6.68. The third-order valence-electron chi connectivity index (χ3n) is 3.32. The molecule has 0 heterocycles. The predicted molar refractivity (Wildman–Crippen MR) is 105 cm³/mol. The van der Waals surface area contributed by atoms with Crippen LogP contribution >= 0.6 is 12.0 Å². The highest BCUT2D eigenvalue weighted by Gasteiger charge is 2.07. The summed E-state index contributed by atoms with van der Waals surface area (Å²) >= 11 is 0.904. The first kappa shape index (κ1) is 20.9. The van der Waals surface area contributed by atoms with Crippen LogP contribution in [0.4, 0.5) is 5.69 Å². The second kappa shape index (κ2) is 10.1. The summed E-state index contributed by atoms with van der Waals surface area (Å²) in [5, 5.41) is 16.6. The van der Waals surface area contributed by atoms with Crippen molar-refractivity contribution in [3.05, 3.63) is 78.9 Å². The number of sulfonamides is 1. The van der Waals surface area contributed by atoms with E-state index < -0.39 is 10.0 Å². The quantitative estimate of drug-likeness (QED) is 0.255. The number of hydrogen-bond acceptors (Lipinski definition) is 7. The van der Waals surface area contributed by atoms with Crippen LogP contribution in [-0.2, 0) is 19.4 Å². The minimum absolute atomic E-state index is 0.148. The highest BCUT2D eigenvalue weighted by molar-refractivity contribution is 7.94. The van der Waals surface area contributed by atoms with E-state index in [1.165, 1.54) is 12.1 Å². The van der Waals surface area contributed by atoms with Crippen molar-refractivity contribution in [1.29, 1.82) is 0 Å². The van der Waals surface area contributed by atoms with Gasteiger partial charge in [-0.1, -0.05) is 59.6 Å². The van der Waals surface area contributed by atoms with Gasteiger partial charge in [-0.3, -0.25) is 0 Å². The molecule has 142 valence electrons. The lowest BCUT2D eigenvalue weighted by Gasteiger charge is -2.08. The lowest BCUT2D eigenvalue weighted by Crippen LogP contribution is -2.11. The fourth-order valence-corrected chi connectivity index (χ4v) is 3.23. The van der Waals surface area contributed by atoms with Crippen molar-refractivity contribution in [2.75, 3.05) is 5.73 Å². The fourth-order valence-electron chi connectivity index (χ4n) is 2.13. The van der Waals surface area contributed by atoms with E-state index in [4.69, 9.17) is 16.1 Å². The molecule has 0 saturated carbocycles. The number of nitrogens with two attached hydrogens (primary N) is 2. The molecule has 0 aromatic heterocycles. The SMILES string of the molecule is NS(=O)(=O)c1ccccc1.Nc1ccc(-c2ccccc2)c(SOOO)c1. The largest absolute Gasteiger partial charge is 0.399 e. The average molecular weight is 406 g/mol. The highest BCUT2D eigenvalue weighted by atomic mass is 32.2. The molecule has 0 unspecified atom stereocenters. The standard InChI is InChI=1S/C12H11NO3S.C6H7NO2S/c13-10-6-7-11(9-4-2-1-3-5-9)12(8-10)17-16-15-14;7-10(8,9)6-4-2-1-3-5-6/h1-8,14H,13H2;1-5H,(H2,7,8,9). The maximum absolute atomic E-state index is 10.6. The van der Waals surface area contributed by atoms with Crippen molar-refractivity contribution in [2.24, 2.45) is 5.14 Å². The van der Waals surface area contributed by atoms with E-state index in [9.17, 15) is 8.42 Å². The zero-order valence-corrected chi connectivity index (χ0v) is 15.7. The van der Waals surface area contributed by atoms with Crippen molar-refractivity contribution >= 4 is 27.8 Å². The monoisotopic (exact) mass is 406 g/mol. The first-order valence-electron chi connectivity index (χ1n) is 7.59. The Balaban J connectivity index is 0.000000223. The highest BCUT2D eigenvalue weighted by Crippen LogP contribution is 2.33. The van der Waals surface area contributed by atoms with Crippen molar-refractivity contribution in [3.63, 3.8) is 0 Å². The average Bonchev–Trinajstić information content (AvgIpc) is 2.68. The number of primary sulfonamides is 1. The molecule has 0 aliphatic heterocycles. The van der Waals surface area contributed by atoms with Crippen LogP contribution in [-0.4, -0.2) is 13.7 Å². The molecule has 0 amide bonds. The Morgan fingerprint density at radius 3 is 2.00 bits per heavy atom. The Hall–Kier alpha value is -2.40. The van der Waals surface area contributed by atoms with Crippen LogP contribution in [0, 0.1) is 0 Å². The van der Waals surface area contributed by atoms with Crippen LogP contribution in [0.2, 0.25) is 0 Å². The zero-order chi connectivity index (χ0) is 19.7. The van der Waals surface area contributed by atoms with E-state index >= 15 is 0 Å². The lowest BCUT2D eigenvalue weighted by atomic mass is 10.1. The molecule has 0 fully saturated rings. The van der Waals surface area contributed by atoms with Crippen molar-refractivity contribution < 1.29 is 23.0 Å². The molecular weight excluding hydrogens is 388 g/mol. The van der Waals surface area contributed by atoms with Gasteiger partial charge in [0.05, 0.1) is 16.9 Å². The van der Waals surface area contributed by atoms with Gasteiger partial charge < -0.3 is 5.73 Å². The Morgan fingerprint density at radius 1 is 0.889 bits per heavy atom. The summed E-state index contributed by atoms with van der Waals surface area (Å²) in [6.45, 7) is 0. The molecule has 3 aromatic carbocycles. The molecule has 0 radical (unpaired) electrons. The van der Waals surface area contributed by atoms with Gasteiger partial charge in [-0.2, -0.15) is 0 Å². The molecule has 0 saturated heterocycles. The first-order chi connectivity index (χ1) is 12.9. The summed E-state index contributed by atoms with van der Waals surface area (Å²) < 4.78 is 25.7. The lowest BCUT2D eigenvalue weighted by molar-refractivity contribution is -0.432. The van der Waals surface area contributed by atoms with Gasteiger partial charge in [0.25, 0.3) is 0 Å². The Morgan fingerprint density at radius 2 is 1.48 bits per heavy atom. The molecule has 27 heavy (non-hydrogen) atoms. The Labute approximate surface area is 161 Å². The summed E-state index contributed by atoms with van der Waals surface area (Å²) in [4.78, 5) is 0.917. The van der Waals surface area contributed by atoms with E-state index in [0.717, 1.165) is 28.1 Å². The first-order valence-corrected chi connectivity index (χ1v) is 9.88. The second-order valence-corrected chi connectivity index (χ2v) is 7.51. The molecule has 3 rings (SSSR count). The summed E-state index contributed by atoms with van der Waals surface area (Å²) in [6, 6.07) is 23.2. The molecule has 0 bridgehead atoms. The predicted octanol–water partition coefficient (Wildman–Crippen LogP) is 3.70. The van der Waals surface area contributed by atoms with Crippen LogP contribution in [0.15, 0.2) is 88.7 Å². The molecule has 0 aliphatic carbocycles. The van der Waals surface area contributed by atoms with Crippen molar-refractivity contribution in [2.45, 2.75) is 9.79 Å². The molecule has 9 heteroatoms. The number of benzene rings is 3. The van der Waals surface area contributed by atoms with E-state index in [2.05, 4.69) is 9.37 Å². The smallest absolute Gasteiger partial charge is 0.238 e. The number of rotatable bonds is 5. The maximum atomic E-state index is 10.6. The fraction of sp³-hybridized carbons (Fsp3) is 0. The van der Waals surface area contributed by atoms with Gasteiger partial charge in [0.1, 0.15) is 0 Å². The van der Waals surface area contributed by atoms with E-state index in [0.29, 0.717) is 5.69 Å². The summed E-state index contributed by atoms with van der Waals surface area (Å²) in [7, 11) is -3.50. The van der Waals surface area contributed by atoms with E-state index in [-0.39, 0.29) is 4.90 Å².